The van der Waals surface area contributed by atoms with Crippen LogP contribution in [0.15, 0.2) is 121 Å². The van der Waals surface area contributed by atoms with Crippen LogP contribution in [0.1, 0.15) is 0 Å². The molecular formula is C24H20As4S4. The standard InChI is InChI=1S/C24H20As4S4/c1-5-13-21(14-6-1)25-29-26(22-15-7-2-8-16-22)31-28(24-19-11-4-12-20-24)32-27(30-25)23-17-9-3-10-18-23/h1-20H. The Morgan fingerprint density at radius 2 is 0.469 bits per heavy atom. The van der Waals surface area contributed by atoms with Crippen LogP contribution >= 0.6 is 33.1 Å². The second kappa shape index (κ2) is 12.5. The second-order valence-electron chi connectivity index (χ2n) is 6.70. The van der Waals surface area contributed by atoms with Crippen LogP contribution in [0.25, 0.3) is 0 Å². The van der Waals surface area contributed by atoms with Gasteiger partial charge in [-0.15, -0.1) is 0 Å². The van der Waals surface area contributed by atoms with E-state index >= 15 is 0 Å². The molecule has 4 aromatic carbocycles. The summed E-state index contributed by atoms with van der Waals surface area (Å²) in [6.45, 7) is 0. The van der Waals surface area contributed by atoms with Crippen molar-refractivity contribution in [3.05, 3.63) is 121 Å². The molecule has 5 rings (SSSR count). The Morgan fingerprint density at radius 1 is 0.281 bits per heavy atom. The van der Waals surface area contributed by atoms with Gasteiger partial charge in [-0.2, -0.15) is 0 Å². The summed E-state index contributed by atoms with van der Waals surface area (Å²) in [4.78, 5) is 0. The summed E-state index contributed by atoms with van der Waals surface area (Å²) >= 11 is -5.10. The van der Waals surface area contributed by atoms with Gasteiger partial charge in [0.05, 0.1) is 0 Å². The third-order valence-corrected chi connectivity index (χ3v) is 110. The molecule has 0 atom stereocenters. The molecule has 0 unspecified atom stereocenters. The quantitative estimate of drug-likeness (QED) is 0.283. The second-order valence-corrected chi connectivity index (χ2v) is 61.5. The van der Waals surface area contributed by atoms with Crippen LogP contribution in [0.3, 0.4) is 0 Å². The van der Waals surface area contributed by atoms with E-state index < -0.39 is 49.4 Å². The first-order valence-electron chi connectivity index (χ1n) is 10.00. The first kappa shape index (κ1) is 24.2. The van der Waals surface area contributed by atoms with Gasteiger partial charge in [0.25, 0.3) is 0 Å². The molecule has 1 saturated heterocycles. The monoisotopic (exact) mass is 736 g/mol. The maximum absolute atomic E-state index is 2.45. The molecular weight excluding hydrogens is 716 g/mol. The van der Waals surface area contributed by atoms with Crippen molar-refractivity contribution in [3.63, 3.8) is 0 Å². The van der Waals surface area contributed by atoms with Crippen molar-refractivity contribution in [2.75, 3.05) is 0 Å². The third-order valence-electron chi connectivity index (χ3n) is 4.46. The van der Waals surface area contributed by atoms with Crippen LogP contribution in [0, 0.1) is 0 Å². The van der Waals surface area contributed by atoms with Gasteiger partial charge in [-0.3, -0.25) is 0 Å². The molecule has 8 heteroatoms. The minimum absolute atomic E-state index is 1.28. The summed E-state index contributed by atoms with van der Waals surface area (Å²) in [6.07, 6.45) is 0. The number of benzene rings is 4. The van der Waals surface area contributed by atoms with E-state index in [1.54, 1.807) is 17.4 Å². The summed E-state index contributed by atoms with van der Waals surface area (Å²) in [5.74, 6) is 0. The van der Waals surface area contributed by atoms with Crippen molar-refractivity contribution in [2.24, 2.45) is 0 Å². The van der Waals surface area contributed by atoms with Gasteiger partial charge in [-0.1, -0.05) is 0 Å². The van der Waals surface area contributed by atoms with Crippen LogP contribution in [0.2, 0.25) is 0 Å². The van der Waals surface area contributed by atoms with E-state index in [0.717, 1.165) is 0 Å². The predicted molar refractivity (Wildman–Crippen MR) is 158 cm³/mol. The molecule has 0 saturated carbocycles. The average molecular weight is 736 g/mol. The summed E-state index contributed by atoms with van der Waals surface area (Å²) in [5, 5.41) is 0. The van der Waals surface area contributed by atoms with Gasteiger partial charge < -0.3 is 0 Å². The Morgan fingerprint density at radius 3 is 0.656 bits per heavy atom. The Kier molecular flexibility index (Phi) is 9.44. The Hall–Kier alpha value is 0.514. The summed E-state index contributed by atoms with van der Waals surface area (Å²) in [7, 11) is 9.78. The van der Waals surface area contributed by atoms with Gasteiger partial charge in [0.15, 0.2) is 0 Å². The van der Waals surface area contributed by atoms with Crippen LogP contribution < -0.4 is 17.4 Å². The molecule has 160 valence electrons. The topological polar surface area (TPSA) is 0 Å². The number of hydrogen-bond donors (Lipinski definition) is 0. The molecule has 0 spiro atoms. The van der Waals surface area contributed by atoms with E-state index in [9.17, 15) is 0 Å². The fourth-order valence-electron chi connectivity index (χ4n) is 2.91. The molecule has 1 aliphatic rings. The van der Waals surface area contributed by atoms with E-state index in [2.05, 4.69) is 154 Å². The molecule has 0 nitrogen and oxygen atoms in total. The van der Waals surface area contributed by atoms with E-state index in [1.807, 2.05) is 0 Å². The Balaban J connectivity index is 1.55. The van der Waals surface area contributed by atoms with E-state index in [1.165, 1.54) is 0 Å². The normalized spacial score (nSPS) is 23.8. The molecule has 0 N–H and O–H groups in total. The molecule has 0 amide bonds. The van der Waals surface area contributed by atoms with Crippen molar-refractivity contribution >= 4 is 99.9 Å². The van der Waals surface area contributed by atoms with Crippen molar-refractivity contribution in [1.82, 2.24) is 0 Å². The predicted octanol–water partition coefficient (Wildman–Crippen LogP) is 4.51. The molecule has 1 aliphatic heterocycles. The fourth-order valence-corrected chi connectivity index (χ4v) is 195. The van der Waals surface area contributed by atoms with Gasteiger partial charge in [0.1, 0.15) is 0 Å². The minimum atomic E-state index is -1.28. The van der Waals surface area contributed by atoms with Crippen LogP contribution in [0.4, 0.5) is 0 Å². The van der Waals surface area contributed by atoms with Gasteiger partial charge in [0.2, 0.25) is 0 Å². The van der Waals surface area contributed by atoms with Crippen molar-refractivity contribution < 1.29 is 0 Å². The SMILES string of the molecule is c1ccc([As]2S[As](c3ccccc3)S[As](c3ccccc3)S[As](c3ccccc3)S2)cc1. The zero-order valence-corrected chi connectivity index (χ0v) is 27.7. The van der Waals surface area contributed by atoms with Crippen molar-refractivity contribution in [3.8, 4) is 0 Å². The van der Waals surface area contributed by atoms with Crippen molar-refractivity contribution in [2.45, 2.75) is 0 Å². The van der Waals surface area contributed by atoms with Gasteiger partial charge in [0, 0.05) is 0 Å². The number of hydrogen-bond acceptors (Lipinski definition) is 4. The molecule has 0 aliphatic carbocycles. The molecule has 0 aromatic heterocycles. The van der Waals surface area contributed by atoms with Gasteiger partial charge in [-0.25, -0.2) is 0 Å². The molecule has 32 heavy (non-hydrogen) atoms. The molecule has 0 radical (unpaired) electrons. The summed E-state index contributed by atoms with van der Waals surface area (Å²) in [6, 6.07) is 45.8. The van der Waals surface area contributed by atoms with Gasteiger partial charge in [-0.05, 0) is 0 Å². The zero-order chi connectivity index (χ0) is 21.6. The van der Waals surface area contributed by atoms with Crippen molar-refractivity contribution in [1.29, 1.82) is 0 Å². The molecule has 4 aromatic rings. The van der Waals surface area contributed by atoms with E-state index in [0.29, 0.717) is 0 Å². The fraction of sp³-hybridized carbons (Fsp3) is 0. The van der Waals surface area contributed by atoms with Gasteiger partial charge >= 0.3 is 221 Å². The Bertz CT molecular complexity index is 914. The number of rotatable bonds is 4. The first-order valence-corrected chi connectivity index (χ1v) is 35.1. The third kappa shape index (κ3) is 6.39. The average Bonchev–Trinajstić information content (AvgIpc) is 2.86. The Labute approximate surface area is 218 Å². The molecule has 1 heterocycles. The first-order chi connectivity index (χ1) is 15.9. The van der Waals surface area contributed by atoms with E-state index in [-0.39, 0.29) is 0 Å². The summed E-state index contributed by atoms with van der Waals surface area (Å²) in [5.41, 5.74) is 0. The molecule has 0 bridgehead atoms. The van der Waals surface area contributed by atoms with Crippen LogP contribution in [-0.4, -0.2) is 49.4 Å². The van der Waals surface area contributed by atoms with Crippen LogP contribution in [-0.2, 0) is 0 Å². The van der Waals surface area contributed by atoms with Crippen LogP contribution in [0.5, 0.6) is 0 Å². The zero-order valence-electron chi connectivity index (χ0n) is 17.0. The summed E-state index contributed by atoms with van der Waals surface area (Å²) < 4.78 is 6.51. The molecule has 1 fully saturated rings. The van der Waals surface area contributed by atoms with E-state index in [4.69, 9.17) is 0 Å². The maximum atomic E-state index is 2.45.